The highest BCUT2D eigenvalue weighted by atomic mass is 16.5. The molecule has 1 heterocycles. The lowest BCUT2D eigenvalue weighted by molar-refractivity contribution is 0.0623. The number of piperazine rings is 1. The SMILES string of the molecule is COCCCN1CCN(C(=O)c2ccccc2C)CC1. The summed E-state index contributed by atoms with van der Waals surface area (Å²) in [7, 11) is 1.73. The van der Waals surface area contributed by atoms with E-state index in [-0.39, 0.29) is 5.91 Å². The Balaban J connectivity index is 1.85. The molecule has 1 aliphatic rings. The van der Waals surface area contributed by atoms with Crippen LogP contribution in [0.15, 0.2) is 24.3 Å². The van der Waals surface area contributed by atoms with Crippen molar-refractivity contribution in [2.75, 3.05) is 46.4 Å². The normalized spacial score (nSPS) is 16.4. The monoisotopic (exact) mass is 276 g/mol. The molecule has 4 heteroatoms. The molecule has 110 valence electrons. The van der Waals surface area contributed by atoms with Crippen LogP contribution in [0.5, 0.6) is 0 Å². The Morgan fingerprint density at radius 3 is 2.55 bits per heavy atom. The van der Waals surface area contributed by atoms with Crippen LogP contribution in [-0.2, 0) is 4.74 Å². The highest BCUT2D eigenvalue weighted by Gasteiger charge is 2.22. The summed E-state index contributed by atoms with van der Waals surface area (Å²) in [5.74, 6) is 0.166. The molecule has 1 aromatic rings. The van der Waals surface area contributed by atoms with E-state index in [9.17, 15) is 4.79 Å². The Morgan fingerprint density at radius 1 is 1.20 bits per heavy atom. The largest absolute Gasteiger partial charge is 0.385 e. The Labute approximate surface area is 121 Å². The summed E-state index contributed by atoms with van der Waals surface area (Å²) >= 11 is 0. The Morgan fingerprint density at radius 2 is 1.90 bits per heavy atom. The van der Waals surface area contributed by atoms with E-state index < -0.39 is 0 Å². The average Bonchev–Trinajstić information content (AvgIpc) is 2.48. The highest BCUT2D eigenvalue weighted by molar-refractivity contribution is 5.95. The molecular weight excluding hydrogens is 252 g/mol. The van der Waals surface area contributed by atoms with Crippen LogP contribution < -0.4 is 0 Å². The van der Waals surface area contributed by atoms with E-state index in [1.54, 1.807) is 7.11 Å². The van der Waals surface area contributed by atoms with Crippen molar-refractivity contribution in [1.82, 2.24) is 9.80 Å². The molecule has 1 aromatic carbocycles. The predicted molar refractivity (Wildman–Crippen MR) is 80.0 cm³/mol. The zero-order chi connectivity index (χ0) is 14.4. The number of nitrogens with zero attached hydrogens (tertiary/aromatic N) is 2. The van der Waals surface area contributed by atoms with E-state index in [0.29, 0.717) is 0 Å². The van der Waals surface area contributed by atoms with Crippen LogP contribution in [0.3, 0.4) is 0 Å². The van der Waals surface area contributed by atoms with Crippen molar-refractivity contribution >= 4 is 5.91 Å². The van der Waals surface area contributed by atoms with Crippen molar-refractivity contribution < 1.29 is 9.53 Å². The van der Waals surface area contributed by atoms with Gasteiger partial charge in [0, 0.05) is 52.0 Å². The zero-order valence-corrected chi connectivity index (χ0v) is 12.5. The average molecular weight is 276 g/mol. The summed E-state index contributed by atoms with van der Waals surface area (Å²) in [6.45, 7) is 7.42. The first-order chi connectivity index (χ1) is 9.72. The summed E-state index contributed by atoms with van der Waals surface area (Å²) in [5, 5.41) is 0. The molecule has 0 aromatic heterocycles. The van der Waals surface area contributed by atoms with Gasteiger partial charge in [-0.1, -0.05) is 18.2 Å². The van der Waals surface area contributed by atoms with Crippen molar-refractivity contribution in [3.05, 3.63) is 35.4 Å². The lowest BCUT2D eigenvalue weighted by Crippen LogP contribution is -2.49. The van der Waals surface area contributed by atoms with Gasteiger partial charge in [0.2, 0.25) is 0 Å². The quantitative estimate of drug-likeness (QED) is 0.769. The number of hydrogen-bond donors (Lipinski definition) is 0. The molecule has 0 N–H and O–H groups in total. The molecule has 0 atom stereocenters. The number of methoxy groups -OCH3 is 1. The maximum absolute atomic E-state index is 12.5. The van der Waals surface area contributed by atoms with Gasteiger partial charge in [-0.2, -0.15) is 0 Å². The van der Waals surface area contributed by atoms with E-state index in [1.165, 1.54) is 0 Å². The minimum atomic E-state index is 0.166. The minimum absolute atomic E-state index is 0.166. The van der Waals surface area contributed by atoms with Gasteiger partial charge in [0.15, 0.2) is 0 Å². The van der Waals surface area contributed by atoms with Crippen LogP contribution in [0.25, 0.3) is 0 Å². The second kappa shape index (κ2) is 7.41. The van der Waals surface area contributed by atoms with Gasteiger partial charge < -0.3 is 9.64 Å². The van der Waals surface area contributed by atoms with Crippen molar-refractivity contribution in [3.63, 3.8) is 0 Å². The Bertz CT molecular complexity index is 440. The Kier molecular flexibility index (Phi) is 5.56. The molecule has 4 nitrogen and oxygen atoms in total. The molecule has 1 saturated heterocycles. The van der Waals surface area contributed by atoms with Crippen molar-refractivity contribution in [3.8, 4) is 0 Å². The van der Waals surface area contributed by atoms with Crippen LogP contribution in [-0.4, -0.2) is 62.1 Å². The van der Waals surface area contributed by atoms with Crippen molar-refractivity contribution in [2.45, 2.75) is 13.3 Å². The molecule has 0 aliphatic carbocycles. The van der Waals surface area contributed by atoms with Gasteiger partial charge in [-0.05, 0) is 25.0 Å². The predicted octanol–water partition coefficient (Wildman–Crippen LogP) is 1.79. The summed E-state index contributed by atoms with van der Waals surface area (Å²) in [6.07, 6.45) is 1.06. The van der Waals surface area contributed by atoms with Crippen LogP contribution in [0.2, 0.25) is 0 Å². The fraction of sp³-hybridized carbons (Fsp3) is 0.562. The first kappa shape index (κ1) is 15.0. The standard InChI is InChI=1S/C16H24N2O2/c1-14-6-3-4-7-15(14)16(19)18-11-9-17(10-12-18)8-5-13-20-2/h3-4,6-7H,5,8-13H2,1-2H3. The van der Waals surface area contributed by atoms with Crippen molar-refractivity contribution in [1.29, 1.82) is 0 Å². The fourth-order valence-corrected chi connectivity index (χ4v) is 2.59. The lowest BCUT2D eigenvalue weighted by atomic mass is 10.1. The number of carbonyl (C=O) groups excluding carboxylic acids is 1. The molecule has 0 bridgehead atoms. The lowest BCUT2D eigenvalue weighted by Gasteiger charge is -2.35. The number of ether oxygens (including phenoxy) is 1. The van der Waals surface area contributed by atoms with E-state index in [1.807, 2.05) is 36.1 Å². The minimum Gasteiger partial charge on any atom is -0.385 e. The van der Waals surface area contributed by atoms with Crippen LogP contribution >= 0.6 is 0 Å². The third-order valence-electron chi connectivity index (χ3n) is 3.86. The van der Waals surface area contributed by atoms with Gasteiger partial charge in [-0.3, -0.25) is 9.69 Å². The van der Waals surface area contributed by atoms with Crippen molar-refractivity contribution in [2.24, 2.45) is 0 Å². The smallest absolute Gasteiger partial charge is 0.254 e. The number of benzene rings is 1. The topological polar surface area (TPSA) is 32.8 Å². The second-order valence-electron chi connectivity index (χ2n) is 5.30. The summed E-state index contributed by atoms with van der Waals surface area (Å²) in [5.41, 5.74) is 1.89. The van der Waals surface area contributed by atoms with Gasteiger partial charge in [-0.25, -0.2) is 0 Å². The Hall–Kier alpha value is -1.39. The van der Waals surface area contributed by atoms with E-state index in [2.05, 4.69) is 4.90 Å². The number of amides is 1. The number of carbonyl (C=O) groups is 1. The third-order valence-corrected chi connectivity index (χ3v) is 3.86. The van der Waals surface area contributed by atoms with Crippen LogP contribution in [0, 0.1) is 6.92 Å². The number of aryl methyl sites for hydroxylation is 1. The number of rotatable bonds is 5. The van der Waals surface area contributed by atoms with Gasteiger partial charge >= 0.3 is 0 Å². The molecule has 0 radical (unpaired) electrons. The molecule has 1 amide bonds. The van der Waals surface area contributed by atoms with E-state index in [4.69, 9.17) is 4.74 Å². The van der Waals surface area contributed by atoms with Gasteiger partial charge in [0.1, 0.15) is 0 Å². The third kappa shape index (κ3) is 3.81. The van der Waals surface area contributed by atoms with E-state index >= 15 is 0 Å². The van der Waals surface area contributed by atoms with E-state index in [0.717, 1.165) is 56.9 Å². The second-order valence-corrected chi connectivity index (χ2v) is 5.30. The summed E-state index contributed by atoms with van der Waals surface area (Å²) < 4.78 is 5.07. The maximum atomic E-state index is 12.5. The molecular formula is C16H24N2O2. The first-order valence-corrected chi connectivity index (χ1v) is 7.28. The fourth-order valence-electron chi connectivity index (χ4n) is 2.59. The molecule has 0 unspecified atom stereocenters. The summed E-state index contributed by atoms with van der Waals surface area (Å²) in [4.78, 5) is 16.8. The highest BCUT2D eigenvalue weighted by Crippen LogP contribution is 2.12. The van der Waals surface area contributed by atoms with Gasteiger partial charge in [0.05, 0.1) is 0 Å². The molecule has 1 fully saturated rings. The first-order valence-electron chi connectivity index (χ1n) is 7.28. The van der Waals surface area contributed by atoms with Crippen LogP contribution in [0.4, 0.5) is 0 Å². The zero-order valence-electron chi connectivity index (χ0n) is 12.5. The molecule has 0 saturated carbocycles. The van der Waals surface area contributed by atoms with Gasteiger partial charge in [-0.15, -0.1) is 0 Å². The molecule has 0 spiro atoms. The molecule has 20 heavy (non-hydrogen) atoms. The molecule has 1 aliphatic heterocycles. The molecule has 2 rings (SSSR count). The maximum Gasteiger partial charge on any atom is 0.254 e. The van der Waals surface area contributed by atoms with Crippen LogP contribution in [0.1, 0.15) is 22.3 Å². The number of hydrogen-bond acceptors (Lipinski definition) is 3. The summed E-state index contributed by atoms with van der Waals surface area (Å²) in [6, 6.07) is 7.82. The van der Waals surface area contributed by atoms with Gasteiger partial charge in [0.25, 0.3) is 5.91 Å².